The van der Waals surface area contributed by atoms with Crippen molar-refractivity contribution in [3.63, 3.8) is 0 Å². The molecule has 0 saturated carbocycles. The van der Waals surface area contributed by atoms with Crippen LogP contribution in [0.2, 0.25) is 0 Å². The third kappa shape index (κ3) is 4.15. The van der Waals surface area contributed by atoms with Crippen molar-refractivity contribution in [2.45, 2.75) is 27.2 Å². The molecule has 0 aliphatic rings. The Morgan fingerprint density at radius 1 is 1.08 bits per heavy atom. The van der Waals surface area contributed by atoms with Gasteiger partial charge in [-0.3, -0.25) is 4.79 Å². The van der Waals surface area contributed by atoms with Gasteiger partial charge in [-0.2, -0.15) is 0 Å². The monoisotopic (exact) mass is 350 g/mol. The SMILES string of the molecule is Cc1ccc(C(=O)NCCc2nc(-c3ccccc3)c(C)s2)c(C)c1. The van der Waals surface area contributed by atoms with Gasteiger partial charge in [0.25, 0.3) is 5.91 Å². The quantitative estimate of drug-likeness (QED) is 0.724. The lowest BCUT2D eigenvalue weighted by atomic mass is 10.1. The first-order valence-corrected chi connectivity index (χ1v) is 9.23. The van der Waals surface area contributed by atoms with Crippen molar-refractivity contribution in [1.82, 2.24) is 10.3 Å². The van der Waals surface area contributed by atoms with Crippen molar-refractivity contribution in [2.24, 2.45) is 0 Å². The van der Waals surface area contributed by atoms with Gasteiger partial charge in [-0.25, -0.2) is 4.98 Å². The molecular weight excluding hydrogens is 328 g/mol. The summed E-state index contributed by atoms with van der Waals surface area (Å²) in [6.07, 6.45) is 0.745. The second-order valence-corrected chi connectivity index (χ2v) is 7.49. The number of nitrogens with one attached hydrogen (secondary N) is 1. The Morgan fingerprint density at radius 3 is 2.56 bits per heavy atom. The molecule has 4 heteroatoms. The summed E-state index contributed by atoms with van der Waals surface area (Å²) in [7, 11) is 0. The summed E-state index contributed by atoms with van der Waals surface area (Å²) in [6.45, 7) is 6.69. The maximum atomic E-state index is 12.3. The van der Waals surface area contributed by atoms with Gasteiger partial charge in [0.2, 0.25) is 0 Å². The fraction of sp³-hybridized carbons (Fsp3) is 0.238. The van der Waals surface area contributed by atoms with Crippen molar-refractivity contribution in [3.8, 4) is 11.3 Å². The minimum atomic E-state index is -0.0194. The lowest BCUT2D eigenvalue weighted by Crippen LogP contribution is -2.26. The zero-order chi connectivity index (χ0) is 17.8. The van der Waals surface area contributed by atoms with Crippen LogP contribution in [0, 0.1) is 20.8 Å². The van der Waals surface area contributed by atoms with E-state index in [1.54, 1.807) is 11.3 Å². The van der Waals surface area contributed by atoms with E-state index < -0.39 is 0 Å². The largest absolute Gasteiger partial charge is 0.352 e. The van der Waals surface area contributed by atoms with Gasteiger partial charge in [0.15, 0.2) is 0 Å². The molecule has 128 valence electrons. The first-order chi connectivity index (χ1) is 12.0. The Hall–Kier alpha value is -2.46. The lowest BCUT2D eigenvalue weighted by molar-refractivity contribution is 0.0953. The van der Waals surface area contributed by atoms with Crippen LogP contribution >= 0.6 is 11.3 Å². The second kappa shape index (κ2) is 7.62. The van der Waals surface area contributed by atoms with Crippen molar-refractivity contribution >= 4 is 17.2 Å². The Bertz CT molecular complexity index is 884. The molecule has 0 bridgehead atoms. The van der Waals surface area contributed by atoms with E-state index in [4.69, 9.17) is 4.98 Å². The van der Waals surface area contributed by atoms with Crippen molar-refractivity contribution in [1.29, 1.82) is 0 Å². The van der Waals surface area contributed by atoms with Crippen LogP contribution in [0.5, 0.6) is 0 Å². The summed E-state index contributed by atoms with van der Waals surface area (Å²) in [4.78, 5) is 18.3. The highest BCUT2D eigenvalue weighted by atomic mass is 32.1. The maximum Gasteiger partial charge on any atom is 0.251 e. The van der Waals surface area contributed by atoms with Gasteiger partial charge in [0.05, 0.1) is 10.7 Å². The molecule has 0 atom stereocenters. The minimum Gasteiger partial charge on any atom is -0.352 e. The zero-order valence-corrected chi connectivity index (χ0v) is 15.6. The van der Waals surface area contributed by atoms with E-state index in [-0.39, 0.29) is 5.91 Å². The molecule has 0 spiro atoms. The van der Waals surface area contributed by atoms with E-state index >= 15 is 0 Å². The van der Waals surface area contributed by atoms with E-state index in [0.717, 1.165) is 33.8 Å². The smallest absolute Gasteiger partial charge is 0.251 e. The van der Waals surface area contributed by atoms with Gasteiger partial charge in [-0.15, -0.1) is 11.3 Å². The lowest BCUT2D eigenvalue weighted by Gasteiger charge is -2.07. The fourth-order valence-corrected chi connectivity index (χ4v) is 3.82. The normalized spacial score (nSPS) is 10.7. The molecule has 0 saturated heterocycles. The van der Waals surface area contributed by atoms with Crippen LogP contribution in [0.25, 0.3) is 11.3 Å². The molecule has 25 heavy (non-hydrogen) atoms. The highest BCUT2D eigenvalue weighted by molar-refractivity contribution is 7.12. The summed E-state index contributed by atoms with van der Waals surface area (Å²) in [5, 5.41) is 4.06. The van der Waals surface area contributed by atoms with Crippen molar-refractivity contribution in [2.75, 3.05) is 6.54 Å². The number of carbonyl (C=O) groups excluding carboxylic acids is 1. The molecule has 0 aliphatic carbocycles. The summed E-state index contributed by atoms with van der Waals surface area (Å²) < 4.78 is 0. The number of rotatable bonds is 5. The number of carbonyl (C=O) groups is 1. The number of nitrogens with zero attached hydrogens (tertiary/aromatic N) is 1. The molecule has 3 aromatic rings. The van der Waals surface area contributed by atoms with Crippen LogP contribution in [-0.4, -0.2) is 17.4 Å². The van der Waals surface area contributed by atoms with Crippen LogP contribution in [0.15, 0.2) is 48.5 Å². The molecule has 1 amide bonds. The van der Waals surface area contributed by atoms with Gasteiger partial charge in [0, 0.05) is 29.0 Å². The van der Waals surface area contributed by atoms with E-state index in [2.05, 4.69) is 24.4 Å². The number of aromatic nitrogens is 1. The van der Waals surface area contributed by atoms with E-state index in [9.17, 15) is 4.79 Å². The molecule has 1 N–H and O–H groups in total. The van der Waals surface area contributed by atoms with Gasteiger partial charge < -0.3 is 5.32 Å². The topological polar surface area (TPSA) is 42.0 Å². The first kappa shape index (κ1) is 17.4. The zero-order valence-electron chi connectivity index (χ0n) is 14.8. The molecule has 3 rings (SSSR count). The summed E-state index contributed by atoms with van der Waals surface area (Å²) in [5.41, 5.74) is 5.10. The minimum absolute atomic E-state index is 0.0194. The number of hydrogen-bond acceptors (Lipinski definition) is 3. The number of hydrogen-bond donors (Lipinski definition) is 1. The van der Waals surface area contributed by atoms with Crippen LogP contribution in [0.1, 0.15) is 31.4 Å². The third-order valence-corrected chi connectivity index (χ3v) is 5.17. The Morgan fingerprint density at radius 2 is 1.84 bits per heavy atom. The average molecular weight is 350 g/mol. The molecule has 0 radical (unpaired) electrons. The predicted octanol–water partition coefficient (Wildman–Crippen LogP) is 4.71. The van der Waals surface area contributed by atoms with Crippen LogP contribution in [-0.2, 0) is 6.42 Å². The molecule has 2 aromatic carbocycles. The average Bonchev–Trinajstić information content (AvgIpc) is 2.96. The summed E-state index contributed by atoms with van der Waals surface area (Å²) in [6, 6.07) is 16.1. The second-order valence-electron chi connectivity index (χ2n) is 6.20. The summed E-state index contributed by atoms with van der Waals surface area (Å²) >= 11 is 1.70. The number of amides is 1. The number of benzene rings is 2. The van der Waals surface area contributed by atoms with Crippen molar-refractivity contribution < 1.29 is 4.79 Å². The maximum absolute atomic E-state index is 12.3. The summed E-state index contributed by atoms with van der Waals surface area (Å²) in [5.74, 6) is -0.0194. The van der Waals surface area contributed by atoms with Gasteiger partial charge >= 0.3 is 0 Å². The highest BCUT2D eigenvalue weighted by Crippen LogP contribution is 2.27. The first-order valence-electron chi connectivity index (χ1n) is 8.42. The number of thiazole rings is 1. The molecule has 1 aromatic heterocycles. The Kier molecular flexibility index (Phi) is 5.29. The van der Waals surface area contributed by atoms with Crippen LogP contribution in [0.3, 0.4) is 0 Å². The van der Waals surface area contributed by atoms with Gasteiger partial charge in [0.1, 0.15) is 0 Å². The molecule has 3 nitrogen and oxygen atoms in total. The Balaban J connectivity index is 1.62. The third-order valence-electron chi connectivity index (χ3n) is 4.14. The molecular formula is C21H22N2OS. The van der Waals surface area contributed by atoms with Gasteiger partial charge in [-0.1, -0.05) is 48.0 Å². The van der Waals surface area contributed by atoms with E-state index in [1.165, 1.54) is 10.4 Å². The molecule has 1 heterocycles. The Labute approximate surface area is 152 Å². The van der Waals surface area contributed by atoms with E-state index in [0.29, 0.717) is 6.54 Å². The van der Waals surface area contributed by atoms with Crippen molar-refractivity contribution in [3.05, 3.63) is 75.1 Å². The molecule has 0 fully saturated rings. The van der Waals surface area contributed by atoms with Crippen LogP contribution < -0.4 is 5.32 Å². The van der Waals surface area contributed by atoms with Gasteiger partial charge in [-0.05, 0) is 32.4 Å². The highest BCUT2D eigenvalue weighted by Gasteiger charge is 2.11. The van der Waals surface area contributed by atoms with E-state index in [1.807, 2.05) is 50.2 Å². The molecule has 0 unspecified atom stereocenters. The fourth-order valence-electron chi connectivity index (χ4n) is 2.87. The van der Waals surface area contributed by atoms with Crippen LogP contribution in [0.4, 0.5) is 0 Å². The predicted molar refractivity (Wildman–Crippen MR) is 104 cm³/mol. The molecule has 0 aliphatic heterocycles. The number of aryl methyl sites for hydroxylation is 3. The standard InChI is InChI=1S/C21H22N2OS/c1-14-9-10-18(15(2)13-14)21(24)22-12-11-19-23-20(16(3)25-19)17-7-5-4-6-8-17/h4-10,13H,11-12H2,1-3H3,(H,22,24).